The van der Waals surface area contributed by atoms with Gasteiger partial charge in [-0.15, -0.1) is 0 Å². The molecular formula is C42H40N4O2. The van der Waals surface area contributed by atoms with Crippen molar-refractivity contribution < 1.29 is 9.47 Å². The van der Waals surface area contributed by atoms with Gasteiger partial charge in [0.2, 0.25) is 11.8 Å². The molecule has 0 spiro atoms. The van der Waals surface area contributed by atoms with Gasteiger partial charge in [-0.2, -0.15) is 0 Å². The minimum atomic E-state index is -0.395. The quantitative estimate of drug-likeness (QED) is 0.181. The summed E-state index contributed by atoms with van der Waals surface area (Å²) in [5, 5.41) is 7.24. The van der Waals surface area contributed by atoms with Crippen LogP contribution in [0.2, 0.25) is 0 Å². The van der Waals surface area contributed by atoms with Gasteiger partial charge in [0, 0.05) is 35.9 Å². The summed E-state index contributed by atoms with van der Waals surface area (Å²) in [5.41, 5.74) is 4.59. The molecule has 6 aromatic rings. The summed E-state index contributed by atoms with van der Waals surface area (Å²) in [5.74, 6) is 1.29. The van der Waals surface area contributed by atoms with Crippen LogP contribution in [0.5, 0.6) is 0 Å². The van der Waals surface area contributed by atoms with E-state index in [0.717, 1.165) is 33.4 Å². The topological polar surface area (TPSA) is 69.0 Å². The number of aliphatic imine (C=N–C) groups is 2. The van der Waals surface area contributed by atoms with E-state index >= 15 is 0 Å². The van der Waals surface area contributed by atoms with Crippen molar-refractivity contribution in [3.05, 3.63) is 109 Å². The van der Waals surface area contributed by atoms with Crippen LogP contribution in [0.25, 0.3) is 54.6 Å². The fraction of sp³-hybridized carbons (Fsp3) is 0.286. The standard InChI is InChI=1S/C42H40N4O2/c1-39(2)41(5,6)47-37(45-39)29-17-27(21-43-23-29)25-13-15-33-34-16-14-26(20-36(34)32-12-10-9-11-31(32)35(33)19-25)28-18-30(24-44-22-28)38-46-40(3,4)42(7,8)48-38/h9-24H,1-8H3. The van der Waals surface area contributed by atoms with Gasteiger partial charge in [0.05, 0.1) is 22.2 Å². The molecule has 0 saturated carbocycles. The first-order valence-corrected chi connectivity index (χ1v) is 16.6. The largest absolute Gasteiger partial charge is 0.469 e. The number of nitrogens with zero attached hydrogens (tertiary/aromatic N) is 4. The highest BCUT2D eigenvalue weighted by Crippen LogP contribution is 2.41. The predicted octanol–water partition coefficient (Wildman–Crippen LogP) is 9.94. The van der Waals surface area contributed by atoms with Crippen LogP contribution in [0.4, 0.5) is 0 Å². The number of ether oxygens (including phenoxy) is 2. The predicted molar refractivity (Wildman–Crippen MR) is 197 cm³/mol. The second kappa shape index (κ2) is 10.2. The number of hydrogen-bond donors (Lipinski definition) is 0. The first kappa shape index (κ1) is 30.2. The molecule has 0 amide bonds. The summed E-state index contributed by atoms with van der Waals surface area (Å²) in [7, 11) is 0. The number of aromatic nitrogens is 2. The Balaban J connectivity index is 1.22. The molecule has 2 aromatic heterocycles. The minimum absolute atomic E-state index is 0.325. The molecule has 6 nitrogen and oxygen atoms in total. The van der Waals surface area contributed by atoms with Crippen molar-refractivity contribution in [1.29, 1.82) is 0 Å². The van der Waals surface area contributed by atoms with Crippen LogP contribution in [-0.4, -0.2) is 44.0 Å². The molecule has 0 aliphatic carbocycles. The Kier molecular flexibility index (Phi) is 6.43. The van der Waals surface area contributed by atoms with Gasteiger partial charge < -0.3 is 9.47 Å². The molecule has 48 heavy (non-hydrogen) atoms. The van der Waals surface area contributed by atoms with Gasteiger partial charge in [0.15, 0.2) is 0 Å². The molecule has 240 valence electrons. The van der Waals surface area contributed by atoms with E-state index in [1.807, 2.05) is 24.8 Å². The number of benzene rings is 4. The van der Waals surface area contributed by atoms with Gasteiger partial charge in [-0.3, -0.25) is 9.97 Å². The number of pyridine rings is 2. The van der Waals surface area contributed by atoms with Crippen LogP contribution < -0.4 is 0 Å². The summed E-state index contributed by atoms with van der Waals surface area (Å²) in [6.45, 7) is 16.8. The molecule has 4 aromatic carbocycles. The van der Waals surface area contributed by atoms with Crippen LogP contribution in [-0.2, 0) is 9.47 Å². The molecule has 0 atom stereocenters. The Morgan fingerprint density at radius 2 is 0.771 bits per heavy atom. The summed E-state index contributed by atoms with van der Waals surface area (Å²) in [4.78, 5) is 19.0. The normalized spacial score (nSPS) is 18.8. The van der Waals surface area contributed by atoms with E-state index in [9.17, 15) is 0 Å². The fourth-order valence-corrected chi connectivity index (χ4v) is 6.55. The van der Waals surface area contributed by atoms with Crippen LogP contribution in [0, 0.1) is 0 Å². The zero-order valence-corrected chi connectivity index (χ0v) is 28.8. The second-order valence-electron chi connectivity index (χ2n) is 15.2. The molecule has 8 rings (SSSR count). The SMILES string of the molecule is CC1(C)N=C(c2cncc(-c3ccc4c5ccc(-c6cncc(C7=NC(C)(C)C(C)(C)O7)c6)cc5c5ccccc5c4c3)c2)OC1(C)C. The Morgan fingerprint density at radius 3 is 1.15 bits per heavy atom. The van der Waals surface area contributed by atoms with Crippen LogP contribution >= 0.6 is 0 Å². The van der Waals surface area contributed by atoms with E-state index in [0.29, 0.717) is 11.8 Å². The first-order chi connectivity index (χ1) is 22.7. The lowest BCUT2D eigenvalue weighted by atomic mass is 9.87. The molecule has 0 fully saturated rings. The van der Waals surface area contributed by atoms with E-state index in [1.54, 1.807) is 0 Å². The third-order valence-corrected chi connectivity index (χ3v) is 10.9. The van der Waals surface area contributed by atoms with Gasteiger partial charge >= 0.3 is 0 Å². The fourth-order valence-electron chi connectivity index (χ4n) is 6.55. The molecule has 6 heteroatoms. The number of hydrogen-bond acceptors (Lipinski definition) is 6. The molecular weight excluding hydrogens is 592 g/mol. The second-order valence-corrected chi connectivity index (χ2v) is 15.2. The van der Waals surface area contributed by atoms with Crippen molar-refractivity contribution in [2.45, 2.75) is 77.7 Å². The highest BCUT2D eigenvalue weighted by molar-refractivity contribution is 6.26. The van der Waals surface area contributed by atoms with E-state index < -0.39 is 11.2 Å². The smallest absolute Gasteiger partial charge is 0.218 e. The van der Waals surface area contributed by atoms with Gasteiger partial charge in [0.1, 0.15) is 11.2 Å². The molecule has 0 saturated heterocycles. The van der Waals surface area contributed by atoms with E-state index in [4.69, 9.17) is 19.5 Å². The highest BCUT2D eigenvalue weighted by atomic mass is 16.5. The van der Waals surface area contributed by atoms with E-state index in [1.165, 1.54) is 32.3 Å². The average Bonchev–Trinajstić information content (AvgIpc) is 3.43. The number of rotatable bonds is 4. The van der Waals surface area contributed by atoms with Gasteiger partial charge in [-0.25, -0.2) is 9.98 Å². The summed E-state index contributed by atoms with van der Waals surface area (Å²) >= 11 is 0. The first-order valence-electron chi connectivity index (χ1n) is 16.6. The minimum Gasteiger partial charge on any atom is -0.469 e. The van der Waals surface area contributed by atoms with Gasteiger partial charge in [0.25, 0.3) is 0 Å². The third-order valence-electron chi connectivity index (χ3n) is 10.9. The van der Waals surface area contributed by atoms with Crippen LogP contribution in [0.3, 0.4) is 0 Å². The van der Waals surface area contributed by atoms with Crippen molar-refractivity contribution in [2.24, 2.45) is 9.98 Å². The average molecular weight is 633 g/mol. The summed E-state index contributed by atoms with van der Waals surface area (Å²) < 4.78 is 12.6. The van der Waals surface area contributed by atoms with Crippen molar-refractivity contribution in [2.75, 3.05) is 0 Å². The van der Waals surface area contributed by atoms with Crippen molar-refractivity contribution in [3.63, 3.8) is 0 Å². The van der Waals surface area contributed by atoms with Crippen molar-refractivity contribution >= 4 is 44.1 Å². The number of fused-ring (bicyclic) bond motifs is 6. The zero-order valence-electron chi connectivity index (χ0n) is 28.8. The van der Waals surface area contributed by atoms with Gasteiger partial charge in [-0.05, 0) is 123 Å². The lowest BCUT2D eigenvalue weighted by Crippen LogP contribution is -2.41. The molecule has 2 aliphatic rings. The molecule has 0 radical (unpaired) electrons. The van der Waals surface area contributed by atoms with Gasteiger partial charge in [-0.1, -0.05) is 48.5 Å². The Morgan fingerprint density at radius 1 is 0.396 bits per heavy atom. The molecule has 0 unspecified atom stereocenters. The Labute approximate surface area is 281 Å². The molecule has 0 N–H and O–H groups in total. The van der Waals surface area contributed by atoms with Crippen molar-refractivity contribution in [1.82, 2.24) is 9.97 Å². The maximum atomic E-state index is 6.30. The Bertz CT molecular complexity index is 2180. The van der Waals surface area contributed by atoms with Crippen molar-refractivity contribution in [3.8, 4) is 22.3 Å². The van der Waals surface area contributed by atoms with Crippen LogP contribution in [0.1, 0.15) is 66.5 Å². The molecule has 4 heterocycles. The molecule has 0 bridgehead atoms. The Hall–Kier alpha value is -5.10. The third kappa shape index (κ3) is 4.68. The lowest BCUT2D eigenvalue weighted by Gasteiger charge is -2.30. The zero-order chi connectivity index (χ0) is 33.6. The van der Waals surface area contributed by atoms with Crippen LogP contribution in [0.15, 0.2) is 108 Å². The maximum Gasteiger partial charge on any atom is 0.218 e. The highest BCUT2D eigenvalue weighted by Gasteiger charge is 2.46. The van der Waals surface area contributed by atoms with E-state index in [-0.39, 0.29) is 11.1 Å². The molecule has 2 aliphatic heterocycles. The summed E-state index contributed by atoms with van der Waals surface area (Å²) in [6, 6.07) is 26.4. The summed E-state index contributed by atoms with van der Waals surface area (Å²) in [6.07, 6.45) is 7.50. The maximum absolute atomic E-state index is 6.30. The van der Waals surface area contributed by atoms with E-state index in [2.05, 4.69) is 138 Å². The monoisotopic (exact) mass is 632 g/mol. The lowest BCUT2D eigenvalue weighted by molar-refractivity contribution is 0.0618.